The van der Waals surface area contributed by atoms with Gasteiger partial charge in [0.1, 0.15) is 11.2 Å². The molecule has 4 heteroatoms. The molecule has 196 valence electrons. The van der Waals surface area contributed by atoms with E-state index < -0.39 is 0 Å². The van der Waals surface area contributed by atoms with Crippen molar-refractivity contribution in [2.75, 3.05) is 17.6 Å². The minimum absolute atomic E-state index is 0.696. The van der Waals surface area contributed by atoms with Crippen LogP contribution in [0.5, 0.6) is 0 Å². The number of rotatable bonds is 4. The van der Waals surface area contributed by atoms with Crippen LogP contribution in [0.2, 0.25) is 0 Å². The number of nitrogen functional groups attached to an aromatic ring is 1. The Hall–Kier alpha value is -5.35. The number of para-hydroxylation sites is 1. The monoisotopic (exact) mass is 529 g/mol. The van der Waals surface area contributed by atoms with Crippen molar-refractivity contribution in [2.24, 2.45) is 4.99 Å². The van der Waals surface area contributed by atoms with Crippen molar-refractivity contribution in [3.05, 3.63) is 126 Å². The summed E-state index contributed by atoms with van der Waals surface area (Å²) in [4.78, 5) is 4.93. The van der Waals surface area contributed by atoms with Crippen LogP contribution >= 0.6 is 0 Å². The second kappa shape index (κ2) is 9.39. The number of nitrogens with one attached hydrogen (secondary N) is 1. The maximum absolute atomic E-state index is 6.61. The van der Waals surface area contributed by atoms with Gasteiger partial charge in [-0.05, 0) is 57.3 Å². The molecule has 2 heterocycles. The predicted molar refractivity (Wildman–Crippen MR) is 172 cm³/mol. The quantitative estimate of drug-likeness (QED) is 0.223. The van der Waals surface area contributed by atoms with Crippen LogP contribution in [-0.4, -0.2) is 12.8 Å². The van der Waals surface area contributed by atoms with E-state index in [0.29, 0.717) is 6.54 Å². The highest BCUT2D eigenvalue weighted by Crippen LogP contribution is 2.45. The number of furan rings is 1. The number of nitrogens with two attached hydrogens (primary N) is 1. The summed E-state index contributed by atoms with van der Waals surface area (Å²) in [7, 11) is 0. The number of aliphatic imine (C=N–C) groups is 1. The molecule has 7 aromatic rings. The van der Waals surface area contributed by atoms with E-state index >= 15 is 0 Å². The lowest BCUT2D eigenvalue weighted by atomic mass is 9.90. The summed E-state index contributed by atoms with van der Waals surface area (Å²) in [6.45, 7) is 0.696. The van der Waals surface area contributed by atoms with Crippen molar-refractivity contribution in [1.29, 1.82) is 0 Å². The van der Waals surface area contributed by atoms with Gasteiger partial charge in [-0.2, -0.15) is 0 Å². The Morgan fingerprint density at radius 3 is 2.34 bits per heavy atom. The predicted octanol–water partition coefficient (Wildman–Crippen LogP) is 9.37. The average molecular weight is 530 g/mol. The molecule has 0 bridgehead atoms. The summed E-state index contributed by atoms with van der Waals surface area (Å²) in [6, 6.07) is 40.2. The SMILES string of the molecule is Nc1cc2ccccc2cc1-c1ccccc1Cc1ccc(-c2cccc3oc4ccccc4c23)c2c1NCC=N2. The lowest BCUT2D eigenvalue weighted by Crippen LogP contribution is -2.10. The fourth-order valence-corrected chi connectivity index (χ4v) is 6.25. The molecule has 8 rings (SSSR count). The Morgan fingerprint density at radius 1 is 0.659 bits per heavy atom. The molecule has 0 fully saturated rings. The molecule has 0 saturated carbocycles. The van der Waals surface area contributed by atoms with Gasteiger partial charge in [0.2, 0.25) is 0 Å². The largest absolute Gasteiger partial charge is 0.456 e. The molecular formula is C37H27N3O. The Kier molecular flexibility index (Phi) is 5.39. The van der Waals surface area contributed by atoms with Gasteiger partial charge in [-0.3, -0.25) is 4.99 Å². The van der Waals surface area contributed by atoms with Gasteiger partial charge < -0.3 is 15.5 Å². The Balaban J connectivity index is 1.26. The summed E-state index contributed by atoms with van der Waals surface area (Å²) < 4.78 is 6.19. The normalized spacial score (nSPS) is 12.6. The van der Waals surface area contributed by atoms with Crippen LogP contribution in [0.15, 0.2) is 125 Å². The summed E-state index contributed by atoms with van der Waals surface area (Å²) in [5.74, 6) is 0. The van der Waals surface area contributed by atoms with Crippen molar-refractivity contribution < 1.29 is 4.42 Å². The van der Waals surface area contributed by atoms with Gasteiger partial charge in [0, 0.05) is 40.2 Å². The number of anilines is 2. The van der Waals surface area contributed by atoms with Gasteiger partial charge in [0.15, 0.2) is 0 Å². The fourth-order valence-electron chi connectivity index (χ4n) is 6.25. The smallest absolute Gasteiger partial charge is 0.136 e. The summed E-state index contributed by atoms with van der Waals surface area (Å²) >= 11 is 0. The van der Waals surface area contributed by atoms with Crippen LogP contribution in [0.4, 0.5) is 17.1 Å². The zero-order valence-electron chi connectivity index (χ0n) is 22.4. The standard InChI is InChI=1S/C37H27N3O/c38-32-22-24-9-2-1-8-23(24)21-31(32)27-11-4-3-10-25(27)20-26-16-17-29(37-36(26)39-18-19-40-37)28-13-7-15-34-35(28)30-12-5-6-14-33(30)41-34/h1-17,19,21-22,39H,18,20,38H2. The van der Waals surface area contributed by atoms with Crippen LogP contribution in [0.3, 0.4) is 0 Å². The van der Waals surface area contributed by atoms with Crippen molar-refractivity contribution >= 4 is 56.0 Å². The van der Waals surface area contributed by atoms with Crippen molar-refractivity contribution in [1.82, 2.24) is 0 Å². The molecule has 6 aromatic carbocycles. The molecule has 1 aliphatic heterocycles. The number of benzene rings is 6. The minimum Gasteiger partial charge on any atom is -0.456 e. The first-order valence-corrected chi connectivity index (χ1v) is 13.9. The van der Waals surface area contributed by atoms with E-state index in [1.165, 1.54) is 16.5 Å². The third-order valence-electron chi connectivity index (χ3n) is 8.15. The number of hydrogen-bond acceptors (Lipinski definition) is 4. The molecule has 0 saturated heterocycles. The third-order valence-corrected chi connectivity index (χ3v) is 8.15. The van der Waals surface area contributed by atoms with E-state index in [1.54, 1.807) is 0 Å². The summed E-state index contributed by atoms with van der Waals surface area (Å²) in [6.07, 6.45) is 2.71. The fraction of sp³-hybridized carbons (Fsp3) is 0.0541. The first kappa shape index (κ1) is 23.5. The first-order chi connectivity index (χ1) is 20.2. The zero-order valence-corrected chi connectivity index (χ0v) is 22.4. The molecule has 0 amide bonds. The molecule has 0 aliphatic carbocycles. The van der Waals surface area contributed by atoms with E-state index in [4.69, 9.17) is 15.1 Å². The summed E-state index contributed by atoms with van der Waals surface area (Å²) in [5.41, 5.74) is 18.1. The minimum atomic E-state index is 0.696. The molecule has 0 atom stereocenters. The number of hydrogen-bond donors (Lipinski definition) is 2. The Morgan fingerprint density at radius 2 is 1.41 bits per heavy atom. The van der Waals surface area contributed by atoms with Crippen molar-refractivity contribution in [3.63, 3.8) is 0 Å². The van der Waals surface area contributed by atoms with Gasteiger partial charge in [0.05, 0.1) is 17.9 Å². The molecule has 1 aliphatic rings. The third kappa shape index (κ3) is 3.87. The molecule has 3 N–H and O–H groups in total. The average Bonchev–Trinajstić information content (AvgIpc) is 3.40. The van der Waals surface area contributed by atoms with E-state index in [0.717, 1.165) is 73.1 Å². The molecular weight excluding hydrogens is 502 g/mol. The highest BCUT2D eigenvalue weighted by molar-refractivity contribution is 6.14. The van der Waals surface area contributed by atoms with Gasteiger partial charge in [-0.25, -0.2) is 0 Å². The van der Waals surface area contributed by atoms with Gasteiger partial charge in [0.25, 0.3) is 0 Å². The first-order valence-electron chi connectivity index (χ1n) is 13.9. The van der Waals surface area contributed by atoms with Gasteiger partial charge in [-0.1, -0.05) is 91.0 Å². The highest BCUT2D eigenvalue weighted by Gasteiger charge is 2.21. The lowest BCUT2D eigenvalue weighted by Gasteiger charge is -2.21. The Labute approximate surface area is 237 Å². The van der Waals surface area contributed by atoms with E-state index in [9.17, 15) is 0 Å². The molecule has 0 unspecified atom stereocenters. The highest BCUT2D eigenvalue weighted by atomic mass is 16.3. The maximum Gasteiger partial charge on any atom is 0.136 e. The van der Waals surface area contributed by atoms with Gasteiger partial charge in [-0.15, -0.1) is 0 Å². The molecule has 1 aromatic heterocycles. The van der Waals surface area contributed by atoms with Crippen LogP contribution in [-0.2, 0) is 6.42 Å². The van der Waals surface area contributed by atoms with E-state index in [-0.39, 0.29) is 0 Å². The summed E-state index contributed by atoms with van der Waals surface area (Å²) in [5, 5.41) is 8.21. The molecule has 0 radical (unpaired) electrons. The Bertz CT molecular complexity index is 2150. The topological polar surface area (TPSA) is 63.5 Å². The number of fused-ring (bicyclic) bond motifs is 5. The van der Waals surface area contributed by atoms with Crippen LogP contribution in [0.25, 0.3) is 55.0 Å². The van der Waals surface area contributed by atoms with E-state index in [2.05, 4.69) is 96.3 Å². The van der Waals surface area contributed by atoms with Gasteiger partial charge >= 0.3 is 0 Å². The second-order valence-corrected chi connectivity index (χ2v) is 10.6. The number of nitrogens with zero attached hydrogens (tertiary/aromatic N) is 1. The maximum atomic E-state index is 6.61. The zero-order chi connectivity index (χ0) is 27.3. The van der Waals surface area contributed by atoms with Crippen LogP contribution in [0.1, 0.15) is 11.1 Å². The van der Waals surface area contributed by atoms with E-state index in [1.807, 2.05) is 30.5 Å². The second-order valence-electron chi connectivity index (χ2n) is 10.6. The van der Waals surface area contributed by atoms with Crippen LogP contribution in [0, 0.1) is 0 Å². The lowest BCUT2D eigenvalue weighted by molar-refractivity contribution is 0.669. The van der Waals surface area contributed by atoms with Crippen LogP contribution < -0.4 is 11.1 Å². The van der Waals surface area contributed by atoms with Crippen molar-refractivity contribution in [3.8, 4) is 22.3 Å². The van der Waals surface area contributed by atoms with Crippen molar-refractivity contribution in [2.45, 2.75) is 6.42 Å². The molecule has 41 heavy (non-hydrogen) atoms. The molecule has 4 nitrogen and oxygen atoms in total. The molecule has 0 spiro atoms.